The third kappa shape index (κ3) is 3.16. The van der Waals surface area contributed by atoms with E-state index < -0.39 is 37.5 Å². The van der Waals surface area contributed by atoms with Crippen LogP contribution >= 0.6 is 7.82 Å². The van der Waals surface area contributed by atoms with Crippen molar-refractivity contribution >= 4 is 20.4 Å². The van der Waals surface area contributed by atoms with E-state index >= 15 is 0 Å². The Balaban J connectivity index is 1.93. The number of aliphatic imine (C=N–C) groups is 1. The molecule has 0 bridgehead atoms. The summed E-state index contributed by atoms with van der Waals surface area (Å²) in [6, 6.07) is 1.48. The average molecular weight is 372 g/mol. The molecule has 0 saturated carbocycles. The highest BCUT2D eigenvalue weighted by Crippen LogP contribution is 2.59. The fraction of sp³-hybridized carbons (Fsp3) is 0.643. The molecule has 2 aliphatic heterocycles. The van der Waals surface area contributed by atoms with Crippen LogP contribution in [0.3, 0.4) is 0 Å². The second-order valence-corrected chi connectivity index (χ2v) is 7.68. The number of fused-ring (bicyclic) bond motifs is 1. The lowest BCUT2D eigenvalue weighted by atomic mass is 9.93. The number of hydrogen-bond donors (Lipinski definition) is 1. The average Bonchev–Trinajstić information content (AvgIpc) is 2.86. The zero-order chi connectivity index (χ0) is 18.2. The summed E-state index contributed by atoms with van der Waals surface area (Å²) in [5, 5.41) is 0. The number of nitrogens with zero attached hydrogens (tertiary/aromatic N) is 3. The highest BCUT2D eigenvalue weighted by Gasteiger charge is 2.60. The van der Waals surface area contributed by atoms with Gasteiger partial charge in [0.2, 0.25) is 0 Å². The van der Waals surface area contributed by atoms with Crippen LogP contribution in [0.1, 0.15) is 26.5 Å². The van der Waals surface area contributed by atoms with Gasteiger partial charge >= 0.3 is 13.5 Å². The van der Waals surface area contributed by atoms with Crippen LogP contribution in [0.4, 0.5) is 5.82 Å². The fourth-order valence-corrected chi connectivity index (χ4v) is 4.48. The molecule has 2 saturated heterocycles. The Hall–Kier alpha value is -1.58. The van der Waals surface area contributed by atoms with E-state index in [1.54, 1.807) is 6.92 Å². The molecule has 1 aromatic rings. The molecular weight excluding hydrogens is 351 g/mol. The Morgan fingerprint density at radius 2 is 2.40 bits per heavy atom. The summed E-state index contributed by atoms with van der Waals surface area (Å²) in [6.45, 7) is 7.40. The standard InChI is InChI=1S/C14H21N4O6P/c1-4-7-21-25(20)22-8-9-11(24-25)14(2,16-3)12(23-9)18-6-5-10(15)17-13(18)19/h5-6,9,11-12H,3-4,7-8H2,1-2H3,(H2,15,17,19)/t9-,11-,12-,14-,25?/m1/s1. The van der Waals surface area contributed by atoms with E-state index in [2.05, 4.69) is 16.7 Å². The Morgan fingerprint density at radius 1 is 1.64 bits per heavy atom. The maximum Gasteiger partial charge on any atom is 0.475 e. The number of nitrogen functional groups attached to an aromatic ring is 1. The first-order valence-corrected chi connectivity index (χ1v) is 9.34. The highest BCUT2D eigenvalue weighted by molar-refractivity contribution is 7.48. The predicted molar refractivity (Wildman–Crippen MR) is 89.4 cm³/mol. The van der Waals surface area contributed by atoms with Crippen molar-refractivity contribution < 1.29 is 22.9 Å². The molecule has 11 heteroatoms. The van der Waals surface area contributed by atoms with Gasteiger partial charge < -0.3 is 10.5 Å². The number of anilines is 1. The fourth-order valence-electron chi connectivity index (χ4n) is 2.92. The van der Waals surface area contributed by atoms with Gasteiger partial charge in [-0.3, -0.25) is 23.1 Å². The van der Waals surface area contributed by atoms with Crippen molar-refractivity contribution in [1.29, 1.82) is 0 Å². The van der Waals surface area contributed by atoms with Crippen molar-refractivity contribution in [2.24, 2.45) is 4.99 Å². The Kier molecular flexibility index (Phi) is 4.82. The number of phosphoric ester groups is 1. The van der Waals surface area contributed by atoms with Crippen molar-refractivity contribution in [3.63, 3.8) is 0 Å². The first kappa shape index (κ1) is 18.2. The van der Waals surface area contributed by atoms with Crippen LogP contribution in [0.2, 0.25) is 0 Å². The molecule has 2 N–H and O–H groups in total. The van der Waals surface area contributed by atoms with E-state index in [0.29, 0.717) is 6.42 Å². The van der Waals surface area contributed by atoms with E-state index in [0.717, 1.165) is 0 Å². The molecule has 5 atom stereocenters. The van der Waals surface area contributed by atoms with Crippen LogP contribution in [0, 0.1) is 0 Å². The van der Waals surface area contributed by atoms with E-state index in [1.165, 1.54) is 16.8 Å². The third-order valence-electron chi connectivity index (χ3n) is 4.26. The summed E-state index contributed by atoms with van der Waals surface area (Å²) in [5.41, 5.74) is 3.84. The maximum absolute atomic E-state index is 12.6. The van der Waals surface area contributed by atoms with Gasteiger partial charge in [0.15, 0.2) is 6.23 Å². The van der Waals surface area contributed by atoms with Gasteiger partial charge in [0.1, 0.15) is 23.6 Å². The molecule has 0 radical (unpaired) electrons. The summed E-state index contributed by atoms with van der Waals surface area (Å²) in [6.07, 6.45) is -0.0765. The zero-order valence-electron chi connectivity index (χ0n) is 14.0. The van der Waals surface area contributed by atoms with Crippen molar-refractivity contribution in [2.45, 2.75) is 44.2 Å². The molecule has 1 unspecified atom stereocenters. The molecule has 0 aromatic carbocycles. The van der Waals surface area contributed by atoms with Gasteiger partial charge in [0.25, 0.3) is 0 Å². The number of ether oxygens (including phenoxy) is 1. The number of rotatable bonds is 5. The molecule has 0 aliphatic carbocycles. The minimum atomic E-state index is -3.72. The summed E-state index contributed by atoms with van der Waals surface area (Å²) >= 11 is 0. The molecule has 2 aliphatic rings. The minimum absolute atomic E-state index is 0.00950. The van der Waals surface area contributed by atoms with Crippen LogP contribution in [-0.2, 0) is 22.9 Å². The summed E-state index contributed by atoms with van der Waals surface area (Å²) in [7, 11) is -3.72. The molecule has 10 nitrogen and oxygen atoms in total. The van der Waals surface area contributed by atoms with Gasteiger partial charge in [-0.15, -0.1) is 0 Å². The van der Waals surface area contributed by atoms with Gasteiger partial charge in [0, 0.05) is 6.20 Å². The smallest absolute Gasteiger partial charge is 0.383 e. The molecule has 1 aromatic heterocycles. The quantitative estimate of drug-likeness (QED) is 0.602. The number of nitrogens with two attached hydrogens (primary N) is 1. The topological polar surface area (TPSA) is 127 Å². The Bertz CT molecular complexity index is 770. The third-order valence-corrected chi connectivity index (χ3v) is 5.70. The molecular formula is C14H21N4O6P. The lowest BCUT2D eigenvalue weighted by Gasteiger charge is -2.35. The van der Waals surface area contributed by atoms with Gasteiger partial charge in [0.05, 0.1) is 13.2 Å². The van der Waals surface area contributed by atoms with E-state index in [-0.39, 0.29) is 19.0 Å². The lowest BCUT2D eigenvalue weighted by molar-refractivity contribution is -0.0722. The molecule has 3 rings (SSSR count). The lowest BCUT2D eigenvalue weighted by Crippen LogP contribution is -2.47. The van der Waals surface area contributed by atoms with Crippen LogP contribution in [-0.4, -0.2) is 47.2 Å². The van der Waals surface area contributed by atoms with Gasteiger partial charge in [-0.2, -0.15) is 4.98 Å². The normalized spacial score (nSPS) is 37.6. The highest BCUT2D eigenvalue weighted by atomic mass is 31.2. The second-order valence-electron chi connectivity index (χ2n) is 6.06. The second kappa shape index (κ2) is 6.62. The monoisotopic (exact) mass is 372 g/mol. The molecule has 25 heavy (non-hydrogen) atoms. The Morgan fingerprint density at radius 3 is 3.04 bits per heavy atom. The summed E-state index contributed by atoms with van der Waals surface area (Å²) in [5.74, 6) is 0.0991. The number of hydrogen-bond acceptors (Lipinski definition) is 9. The summed E-state index contributed by atoms with van der Waals surface area (Å²) in [4.78, 5) is 20.0. The van der Waals surface area contributed by atoms with E-state index in [1.807, 2.05) is 6.92 Å². The molecule has 138 valence electrons. The molecule has 3 heterocycles. The van der Waals surface area contributed by atoms with Gasteiger partial charge in [-0.25, -0.2) is 9.36 Å². The minimum Gasteiger partial charge on any atom is -0.383 e. The van der Waals surface area contributed by atoms with E-state index in [9.17, 15) is 9.36 Å². The zero-order valence-corrected chi connectivity index (χ0v) is 14.9. The van der Waals surface area contributed by atoms with Crippen molar-refractivity contribution in [3.05, 3.63) is 22.7 Å². The first-order valence-electron chi connectivity index (χ1n) is 7.88. The molecule has 0 amide bonds. The van der Waals surface area contributed by atoms with Gasteiger partial charge in [-0.05, 0) is 26.1 Å². The number of phosphoric acid groups is 1. The van der Waals surface area contributed by atoms with Crippen LogP contribution in [0.15, 0.2) is 22.1 Å². The van der Waals surface area contributed by atoms with Gasteiger partial charge in [-0.1, -0.05) is 6.92 Å². The molecule has 0 spiro atoms. The maximum atomic E-state index is 12.6. The Labute approximate surface area is 144 Å². The van der Waals surface area contributed by atoms with Crippen molar-refractivity contribution in [3.8, 4) is 0 Å². The van der Waals surface area contributed by atoms with Crippen LogP contribution < -0.4 is 11.4 Å². The van der Waals surface area contributed by atoms with E-state index in [4.69, 9.17) is 24.0 Å². The summed E-state index contributed by atoms with van der Waals surface area (Å²) < 4.78 is 35.9. The number of aromatic nitrogens is 2. The SMILES string of the molecule is C=N[C@]1(C)[C@@H]2OP(=O)(OCCC)OC[C@H]2O[C@H]1n1ccc(N)nc1=O. The van der Waals surface area contributed by atoms with Crippen molar-refractivity contribution in [2.75, 3.05) is 18.9 Å². The van der Waals surface area contributed by atoms with Crippen LogP contribution in [0.5, 0.6) is 0 Å². The predicted octanol–water partition coefficient (Wildman–Crippen LogP) is 1.13. The largest absolute Gasteiger partial charge is 0.475 e. The van der Waals surface area contributed by atoms with Crippen molar-refractivity contribution in [1.82, 2.24) is 9.55 Å². The first-order chi connectivity index (χ1) is 11.8. The van der Waals surface area contributed by atoms with Crippen LogP contribution in [0.25, 0.3) is 0 Å². The molecule has 2 fully saturated rings.